The SMILES string of the molecule is C[C@H](OC(=O)c1ccc(CO)cc1)C(=O)N1c2ccccc2C[C@H]1C. The molecule has 0 unspecified atom stereocenters. The molecular weight excluding hydrogens is 318 g/mol. The smallest absolute Gasteiger partial charge is 0.338 e. The van der Waals surface area contributed by atoms with E-state index < -0.39 is 12.1 Å². The number of hydrogen-bond acceptors (Lipinski definition) is 4. The first-order valence-corrected chi connectivity index (χ1v) is 8.33. The van der Waals surface area contributed by atoms with Crippen molar-refractivity contribution in [1.29, 1.82) is 0 Å². The van der Waals surface area contributed by atoms with Gasteiger partial charge in [-0.2, -0.15) is 0 Å². The third kappa shape index (κ3) is 3.42. The van der Waals surface area contributed by atoms with Gasteiger partial charge in [-0.15, -0.1) is 0 Å². The second-order valence-electron chi connectivity index (χ2n) is 6.29. The summed E-state index contributed by atoms with van der Waals surface area (Å²) in [5.74, 6) is -0.775. The van der Waals surface area contributed by atoms with Gasteiger partial charge >= 0.3 is 5.97 Å². The van der Waals surface area contributed by atoms with E-state index >= 15 is 0 Å². The van der Waals surface area contributed by atoms with Crippen molar-refractivity contribution >= 4 is 17.6 Å². The van der Waals surface area contributed by atoms with Gasteiger partial charge in [-0.3, -0.25) is 4.79 Å². The largest absolute Gasteiger partial charge is 0.449 e. The number of amides is 1. The molecule has 1 aliphatic heterocycles. The first-order valence-electron chi connectivity index (χ1n) is 8.33. The topological polar surface area (TPSA) is 66.8 Å². The minimum absolute atomic E-state index is 0.0369. The number of hydrogen-bond donors (Lipinski definition) is 1. The fourth-order valence-corrected chi connectivity index (χ4v) is 3.12. The van der Waals surface area contributed by atoms with Crippen LogP contribution in [0.1, 0.15) is 35.3 Å². The molecule has 5 nitrogen and oxygen atoms in total. The number of benzene rings is 2. The van der Waals surface area contributed by atoms with Gasteiger partial charge in [-0.05, 0) is 49.6 Å². The van der Waals surface area contributed by atoms with Crippen LogP contribution in [0.2, 0.25) is 0 Å². The lowest BCUT2D eigenvalue weighted by molar-refractivity contribution is -0.126. The molecule has 130 valence electrons. The van der Waals surface area contributed by atoms with Crippen molar-refractivity contribution < 1.29 is 19.4 Å². The minimum Gasteiger partial charge on any atom is -0.449 e. The summed E-state index contributed by atoms with van der Waals surface area (Å²) < 4.78 is 5.35. The zero-order chi connectivity index (χ0) is 18.0. The number of fused-ring (bicyclic) bond motifs is 1. The molecule has 1 N–H and O–H groups in total. The van der Waals surface area contributed by atoms with Gasteiger partial charge in [0.15, 0.2) is 6.10 Å². The molecular formula is C20H21NO4. The fraction of sp³-hybridized carbons (Fsp3) is 0.300. The molecule has 5 heteroatoms. The average molecular weight is 339 g/mol. The molecule has 0 saturated heterocycles. The van der Waals surface area contributed by atoms with Crippen LogP contribution in [0.3, 0.4) is 0 Å². The molecule has 2 atom stereocenters. The summed E-state index contributed by atoms with van der Waals surface area (Å²) in [7, 11) is 0. The minimum atomic E-state index is -0.876. The predicted octanol–water partition coefficient (Wildman–Crippen LogP) is 2.70. The number of aliphatic hydroxyl groups excluding tert-OH is 1. The number of rotatable bonds is 4. The predicted molar refractivity (Wildman–Crippen MR) is 94.3 cm³/mol. The standard InChI is InChI=1S/C20H21NO4/c1-13-11-17-5-3-4-6-18(17)21(13)19(23)14(2)25-20(24)16-9-7-15(12-22)8-10-16/h3-10,13-14,22H,11-12H2,1-2H3/t13-,14+/m1/s1. The summed E-state index contributed by atoms with van der Waals surface area (Å²) in [6.45, 7) is 3.49. The summed E-state index contributed by atoms with van der Waals surface area (Å²) >= 11 is 0. The van der Waals surface area contributed by atoms with Gasteiger partial charge in [0.2, 0.25) is 0 Å². The van der Waals surface area contributed by atoms with Crippen LogP contribution in [0.15, 0.2) is 48.5 Å². The van der Waals surface area contributed by atoms with Crippen LogP contribution < -0.4 is 4.90 Å². The Morgan fingerprint density at radius 2 is 1.88 bits per heavy atom. The molecule has 0 aliphatic carbocycles. The summed E-state index contributed by atoms with van der Waals surface area (Å²) in [5, 5.41) is 9.05. The normalized spacial score (nSPS) is 17.1. The van der Waals surface area contributed by atoms with Gasteiger partial charge in [0.25, 0.3) is 5.91 Å². The Hall–Kier alpha value is -2.66. The van der Waals surface area contributed by atoms with Crippen molar-refractivity contribution in [3.8, 4) is 0 Å². The van der Waals surface area contributed by atoms with Crippen molar-refractivity contribution in [3.63, 3.8) is 0 Å². The zero-order valence-corrected chi connectivity index (χ0v) is 14.3. The quantitative estimate of drug-likeness (QED) is 0.870. The number of ether oxygens (including phenoxy) is 1. The molecule has 0 radical (unpaired) electrons. The average Bonchev–Trinajstić information content (AvgIpc) is 2.96. The maximum atomic E-state index is 12.8. The molecule has 1 amide bonds. The highest BCUT2D eigenvalue weighted by atomic mass is 16.5. The van der Waals surface area contributed by atoms with E-state index in [2.05, 4.69) is 0 Å². The number of para-hydroxylation sites is 1. The highest BCUT2D eigenvalue weighted by Gasteiger charge is 2.34. The third-order valence-corrected chi connectivity index (χ3v) is 4.45. The van der Waals surface area contributed by atoms with Crippen LogP contribution >= 0.6 is 0 Å². The van der Waals surface area contributed by atoms with E-state index in [9.17, 15) is 9.59 Å². The van der Waals surface area contributed by atoms with Gasteiger partial charge in [0.05, 0.1) is 12.2 Å². The fourth-order valence-electron chi connectivity index (χ4n) is 3.12. The van der Waals surface area contributed by atoms with Crippen LogP contribution in [0, 0.1) is 0 Å². The summed E-state index contributed by atoms with van der Waals surface area (Å²) in [5.41, 5.74) is 3.08. The Labute approximate surface area is 146 Å². The number of nitrogens with zero attached hydrogens (tertiary/aromatic N) is 1. The van der Waals surface area contributed by atoms with Crippen molar-refractivity contribution in [2.24, 2.45) is 0 Å². The lowest BCUT2D eigenvalue weighted by Gasteiger charge is -2.25. The van der Waals surface area contributed by atoms with E-state index in [0.717, 1.165) is 17.7 Å². The number of carbonyl (C=O) groups excluding carboxylic acids is 2. The highest BCUT2D eigenvalue weighted by Crippen LogP contribution is 2.32. The number of aliphatic hydroxyl groups is 1. The summed E-state index contributed by atoms with van der Waals surface area (Å²) in [4.78, 5) is 26.8. The van der Waals surface area contributed by atoms with E-state index in [-0.39, 0.29) is 18.6 Å². The molecule has 2 aromatic rings. The third-order valence-electron chi connectivity index (χ3n) is 4.45. The molecule has 2 aromatic carbocycles. The van der Waals surface area contributed by atoms with Gasteiger partial charge < -0.3 is 14.7 Å². The van der Waals surface area contributed by atoms with Crippen molar-refractivity contribution in [1.82, 2.24) is 0 Å². The van der Waals surface area contributed by atoms with Gasteiger partial charge in [-0.25, -0.2) is 4.79 Å². The lowest BCUT2D eigenvalue weighted by Crippen LogP contribution is -2.43. The number of carbonyl (C=O) groups is 2. The second-order valence-corrected chi connectivity index (χ2v) is 6.29. The van der Waals surface area contributed by atoms with Crippen LogP contribution in [0.5, 0.6) is 0 Å². The zero-order valence-electron chi connectivity index (χ0n) is 14.3. The molecule has 25 heavy (non-hydrogen) atoms. The maximum absolute atomic E-state index is 12.8. The summed E-state index contributed by atoms with van der Waals surface area (Å²) in [6.07, 6.45) is -0.0794. The number of esters is 1. The van der Waals surface area contributed by atoms with Crippen LogP contribution in [0.25, 0.3) is 0 Å². The van der Waals surface area contributed by atoms with Gasteiger partial charge in [-0.1, -0.05) is 30.3 Å². The van der Waals surface area contributed by atoms with Gasteiger partial charge in [0.1, 0.15) is 0 Å². The Bertz CT molecular complexity index is 785. The molecule has 0 saturated carbocycles. The van der Waals surface area contributed by atoms with Crippen molar-refractivity contribution in [2.75, 3.05) is 4.90 Å². The van der Waals surface area contributed by atoms with Crippen molar-refractivity contribution in [3.05, 3.63) is 65.2 Å². The van der Waals surface area contributed by atoms with Crippen LogP contribution in [-0.4, -0.2) is 29.1 Å². The second kappa shape index (κ2) is 7.07. The molecule has 0 fully saturated rings. The Balaban J connectivity index is 1.71. The monoisotopic (exact) mass is 339 g/mol. The Morgan fingerprint density at radius 1 is 1.20 bits per heavy atom. The lowest BCUT2D eigenvalue weighted by atomic mass is 10.1. The molecule has 3 rings (SSSR count). The van der Waals surface area contributed by atoms with E-state index in [0.29, 0.717) is 11.1 Å². The van der Waals surface area contributed by atoms with E-state index in [1.165, 1.54) is 0 Å². The molecule has 1 aliphatic rings. The Kier molecular flexibility index (Phi) is 4.86. The maximum Gasteiger partial charge on any atom is 0.338 e. The number of anilines is 1. The Morgan fingerprint density at radius 3 is 2.56 bits per heavy atom. The molecule has 1 heterocycles. The molecule has 0 bridgehead atoms. The summed E-state index contributed by atoms with van der Waals surface area (Å²) in [6, 6.07) is 14.3. The van der Waals surface area contributed by atoms with E-state index in [4.69, 9.17) is 9.84 Å². The van der Waals surface area contributed by atoms with Crippen LogP contribution in [0.4, 0.5) is 5.69 Å². The first kappa shape index (κ1) is 17.2. The first-order chi connectivity index (χ1) is 12.0. The highest BCUT2D eigenvalue weighted by molar-refractivity contribution is 6.00. The van der Waals surface area contributed by atoms with Crippen LogP contribution in [-0.2, 0) is 22.6 Å². The van der Waals surface area contributed by atoms with Crippen molar-refractivity contribution in [2.45, 2.75) is 39.0 Å². The van der Waals surface area contributed by atoms with E-state index in [1.807, 2.05) is 31.2 Å². The molecule has 0 aromatic heterocycles. The molecule has 0 spiro atoms. The van der Waals surface area contributed by atoms with Gasteiger partial charge in [0, 0.05) is 11.7 Å². The van der Waals surface area contributed by atoms with E-state index in [1.54, 1.807) is 36.1 Å².